The van der Waals surface area contributed by atoms with Crippen molar-refractivity contribution < 1.29 is 28.6 Å². The number of anilines is 1. The smallest absolute Gasteiger partial charge is 0.342 e. The van der Waals surface area contributed by atoms with Crippen LogP contribution < -0.4 is 14.5 Å². The number of carbonyl (C=O) groups is 2. The maximum Gasteiger partial charge on any atom is 0.342 e. The van der Waals surface area contributed by atoms with Crippen molar-refractivity contribution in [3.63, 3.8) is 0 Å². The lowest BCUT2D eigenvalue weighted by Crippen LogP contribution is -2.26. The number of nitrogens with zero attached hydrogens (tertiary/aromatic N) is 4. The molecule has 10 nitrogen and oxygen atoms in total. The van der Waals surface area contributed by atoms with Gasteiger partial charge in [-0.2, -0.15) is 10.1 Å². The van der Waals surface area contributed by atoms with Gasteiger partial charge in [0.25, 0.3) is 11.1 Å². The van der Waals surface area contributed by atoms with Crippen LogP contribution in [-0.2, 0) is 9.59 Å². The van der Waals surface area contributed by atoms with Crippen LogP contribution in [0.3, 0.4) is 0 Å². The molecule has 0 bridgehead atoms. The van der Waals surface area contributed by atoms with Gasteiger partial charge in [-0.15, -0.1) is 10.2 Å². The molecule has 3 aromatic rings. The summed E-state index contributed by atoms with van der Waals surface area (Å²) in [5.41, 5.74) is 1.62. The van der Waals surface area contributed by atoms with Crippen LogP contribution in [0.15, 0.2) is 74.3 Å². The quantitative estimate of drug-likeness (QED) is 0.378. The first kappa shape index (κ1) is 23.1. The predicted octanol–water partition coefficient (Wildman–Crippen LogP) is 3.85. The Morgan fingerprint density at radius 2 is 1.79 bits per heavy atom. The molecule has 0 saturated carbocycles. The van der Waals surface area contributed by atoms with Crippen LogP contribution >= 0.6 is 11.8 Å². The standard InChI is InChI=1S/C23H20N4O6S/c1-13-18(21(28)27(26-13)15-7-5-4-6-8-15)12-19(22(29)30)34-23-25-24-20(33-23)14-9-16(31-2)11-17(10-14)32-3/h4-12,18H,1-3H3,(H,29,30)/b19-12+/t18-/m1/s1. The summed E-state index contributed by atoms with van der Waals surface area (Å²) in [5.74, 6) is -1.18. The largest absolute Gasteiger partial charge is 0.497 e. The molecule has 1 amide bonds. The van der Waals surface area contributed by atoms with Gasteiger partial charge in [0.2, 0.25) is 5.89 Å². The van der Waals surface area contributed by atoms with E-state index in [2.05, 4.69) is 15.3 Å². The lowest BCUT2D eigenvalue weighted by Gasteiger charge is -2.12. The molecule has 0 saturated heterocycles. The Morgan fingerprint density at radius 1 is 1.12 bits per heavy atom. The fourth-order valence-corrected chi connectivity index (χ4v) is 3.90. The molecule has 0 fully saturated rings. The van der Waals surface area contributed by atoms with Gasteiger partial charge in [0.15, 0.2) is 0 Å². The average Bonchev–Trinajstić information content (AvgIpc) is 3.43. The van der Waals surface area contributed by atoms with Crippen molar-refractivity contribution in [3.05, 3.63) is 59.5 Å². The second kappa shape index (κ2) is 9.79. The molecule has 2 heterocycles. The van der Waals surface area contributed by atoms with Crippen molar-refractivity contribution in [1.29, 1.82) is 0 Å². The second-order valence-electron chi connectivity index (χ2n) is 7.12. The molecule has 11 heteroatoms. The minimum absolute atomic E-state index is 0.00499. The number of benzene rings is 2. The Balaban J connectivity index is 1.57. The molecule has 1 aliphatic heterocycles. The first-order valence-corrected chi connectivity index (χ1v) is 10.8. The van der Waals surface area contributed by atoms with Crippen LogP contribution in [-0.4, -0.2) is 47.1 Å². The molecule has 1 aliphatic rings. The van der Waals surface area contributed by atoms with Gasteiger partial charge >= 0.3 is 5.97 Å². The zero-order valence-corrected chi connectivity index (χ0v) is 19.3. The molecule has 0 unspecified atom stereocenters. The number of amides is 1. The lowest BCUT2D eigenvalue weighted by atomic mass is 10.0. The average molecular weight is 481 g/mol. The number of aromatic nitrogens is 2. The number of carbonyl (C=O) groups excluding carboxylic acids is 1. The highest BCUT2D eigenvalue weighted by Crippen LogP contribution is 2.34. The topological polar surface area (TPSA) is 127 Å². The summed E-state index contributed by atoms with van der Waals surface area (Å²) < 4.78 is 16.2. The van der Waals surface area contributed by atoms with E-state index in [-0.39, 0.29) is 21.9 Å². The highest BCUT2D eigenvalue weighted by atomic mass is 32.2. The molecule has 2 aromatic carbocycles. The van der Waals surface area contributed by atoms with Crippen LogP contribution in [0.1, 0.15) is 6.92 Å². The number of hydrogen-bond acceptors (Lipinski definition) is 9. The normalized spacial score (nSPS) is 15.9. The number of aliphatic carboxylic acids is 1. The first-order chi connectivity index (χ1) is 16.4. The fraction of sp³-hybridized carbons (Fsp3) is 0.174. The predicted molar refractivity (Wildman–Crippen MR) is 125 cm³/mol. The Hall–Kier alpha value is -4.12. The van der Waals surface area contributed by atoms with E-state index in [9.17, 15) is 14.7 Å². The maximum absolute atomic E-state index is 12.9. The van der Waals surface area contributed by atoms with Crippen LogP contribution in [0, 0.1) is 5.92 Å². The summed E-state index contributed by atoms with van der Waals surface area (Å²) in [6, 6.07) is 14.0. The van der Waals surface area contributed by atoms with Crippen molar-refractivity contribution in [1.82, 2.24) is 10.2 Å². The summed E-state index contributed by atoms with van der Waals surface area (Å²) in [4.78, 5) is 24.7. The van der Waals surface area contributed by atoms with Crippen LogP contribution in [0.5, 0.6) is 11.5 Å². The number of hydrazone groups is 1. The zero-order chi connectivity index (χ0) is 24.2. The number of hydrogen-bond donors (Lipinski definition) is 1. The number of carboxylic acid groups (broad SMARTS) is 1. The van der Waals surface area contributed by atoms with Gasteiger partial charge < -0.3 is 19.0 Å². The van der Waals surface area contributed by atoms with E-state index in [0.29, 0.717) is 28.5 Å². The van der Waals surface area contributed by atoms with Gasteiger partial charge in [-0.05, 0) is 49.0 Å². The van der Waals surface area contributed by atoms with Gasteiger partial charge in [0.05, 0.1) is 36.4 Å². The molecule has 1 aromatic heterocycles. The second-order valence-corrected chi connectivity index (χ2v) is 8.11. The molecule has 1 atom stereocenters. The van der Waals surface area contributed by atoms with Crippen LogP contribution in [0.25, 0.3) is 11.5 Å². The monoisotopic (exact) mass is 480 g/mol. The van der Waals surface area contributed by atoms with E-state index in [1.54, 1.807) is 49.4 Å². The van der Waals surface area contributed by atoms with Crippen molar-refractivity contribution >= 4 is 35.0 Å². The number of methoxy groups -OCH3 is 2. The van der Waals surface area contributed by atoms with Crippen molar-refractivity contribution in [2.24, 2.45) is 11.0 Å². The summed E-state index contributed by atoms with van der Waals surface area (Å²) in [6.07, 6.45) is 1.34. The lowest BCUT2D eigenvalue weighted by molar-refractivity contribution is -0.131. The molecule has 0 spiro atoms. The van der Waals surface area contributed by atoms with E-state index in [1.165, 1.54) is 25.3 Å². The first-order valence-electron chi connectivity index (χ1n) is 10.0. The SMILES string of the molecule is COc1cc(OC)cc(-c2nnc(S/C(=C/[C@H]3C(=O)N(c4ccccc4)N=C3C)C(=O)O)o2)c1. The van der Waals surface area contributed by atoms with E-state index in [0.717, 1.165) is 11.8 Å². The molecule has 0 aliphatic carbocycles. The summed E-state index contributed by atoms with van der Waals surface area (Å²) in [7, 11) is 3.04. The number of para-hydroxylation sites is 1. The molecular weight excluding hydrogens is 460 g/mol. The highest BCUT2D eigenvalue weighted by molar-refractivity contribution is 8.03. The third-order valence-electron chi connectivity index (χ3n) is 4.91. The Labute approximate surface area is 198 Å². The molecule has 34 heavy (non-hydrogen) atoms. The number of carboxylic acids is 1. The molecular formula is C23H20N4O6S. The molecule has 4 rings (SSSR count). The number of ether oxygens (including phenoxy) is 2. The van der Waals surface area contributed by atoms with Gasteiger partial charge in [-0.3, -0.25) is 4.79 Å². The van der Waals surface area contributed by atoms with E-state index >= 15 is 0 Å². The molecule has 0 radical (unpaired) electrons. The van der Waals surface area contributed by atoms with Crippen molar-refractivity contribution in [2.75, 3.05) is 19.2 Å². The van der Waals surface area contributed by atoms with Gasteiger partial charge in [-0.1, -0.05) is 18.2 Å². The number of rotatable bonds is 8. The molecule has 1 N–H and O–H groups in total. The summed E-state index contributed by atoms with van der Waals surface area (Å²) in [6.45, 7) is 1.67. The van der Waals surface area contributed by atoms with Crippen LogP contribution in [0.2, 0.25) is 0 Å². The summed E-state index contributed by atoms with van der Waals surface area (Å²) in [5, 5.41) is 23.2. The van der Waals surface area contributed by atoms with E-state index < -0.39 is 11.9 Å². The van der Waals surface area contributed by atoms with Gasteiger partial charge in [-0.25, -0.2) is 4.79 Å². The van der Waals surface area contributed by atoms with E-state index in [1.807, 2.05) is 6.07 Å². The fourth-order valence-electron chi connectivity index (χ4n) is 3.22. The Kier molecular flexibility index (Phi) is 6.64. The Morgan fingerprint density at radius 3 is 2.41 bits per heavy atom. The van der Waals surface area contributed by atoms with Gasteiger partial charge in [0.1, 0.15) is 11.5 Å². The highest BCUT2D eigenvalue weighted by Gasteiger charge is 2.34. The molecule has 174 valence electrons. The van der Waals surface area contributed by atoms with Crippen LogP contribution in [0.4, 0.5) is 5.69 Å². The zero-order valence-electron chi connectivity index (χ0n) is 18.5. The summed E-state index contributed by atoms with van der Waals surface area (Å²) >= 11 is 0.753. The van der Waals surface area contributed by atoms with E-state index in [4.69, 9.17) is 13.9 Å². The van der Waals surface area contributed by atoms with Crippen molar-refractivity contribution in [2.45, 2.75) is 12.1 Å². The van der Waals surface area contributed by atoms with Gasteiger partial charge in [0, 0.05) is 11.6 Å². The Bertz CT molecular complexity index is 1270. The third-order valence-corrected chi connectivity index (χ3v) is 5.78. The van der Waals surface area contributed by atoms with Crippen molar-refractivity contribution in [3.8, 4) is 23.0 Å². The number of thioether (sulfide) groups is 1. The maximum atomic E-state index is 12.9. The minimum atomic E-state index is -1.23. The minimum Gasteiger partial charge on any atom is -0.497 e. The third kappa shape index (κ3) is 4.79.